The smallest absolute Gasteiger partial charge is 0.409 e. The molecule has 0 radical (unpaired) electrons. The molecule has 2 atom stereocenters. The molecule has 0 aromatic heterocycles. The molecule has 0 saturated carbocycles. The van der Waals surface area contributed by atoms with Crippen LogP contribution in [0.2, 0.25) is 0 Å². The molecule has 0 aromatic rings. The topological polar surface area (TPSA) is 29.5 Å². The van der Waals surface area contributed by atoms with Crippen LogP contribution in [0.4, 0.5) is 4.79 Å². The van der Waals surface area contributed by atoms with E-state index in [1.165, 1.54) is 7.11 Å². The first kappa shape index (κ1) is 9.36. The van der Waals surface area contributed by atoms with Crippen molar-refractivity contribution in [3.05, 3.63) is 0 Å². The summed E-state index contributed by atoms with van der Waals surface area (Å²) in [4.78, 5) is 13.1. The second-order valence-electron chi connectivity index (χ2n) is 3.40. The minimum absolute atomic E-state index is 0.175. The summed E-state index contributed by atoms with van der Waals surface area (Å²) in [6, 6.07) is 0.387. The van der Waals surface area contributed by atoms with Crippen LogP contribution >= 0.6 is 0 Å². The number of rotatable bonds is 1. The predicted molar refractivity (Wildman–Crippen MR) is 47.0 cm³/mol. The average Bonchev–Trinajstić information content (AvgIpc) is 2.45. The number of ether oxygens (including phenoxy) is 1. The van der Waals surface area contributed by atoms with Gasteiger partial charge in [-0.2, -0.15) is 0 Å². The monoisotopic (exact) mass is 171 g/mol. The number of hydrogen-bond acceptors (Lipinski definition) is 2. The summed E-state index contributed by atoms with van der Waals surface area (Å²) in [5, 5.41) is 0. The third-order valence-electron chi connectivity index (χ3n) is 2.71. The largest absolute Gasteiger partial charge is 0.453 e. The molecule has 1 saturated heterocycles. The SMILES string of the molecule is CCC1C(C)CCN1C(=O)OC. The number of likely N-dealkylation sites (tertiary alicyclic amines) is 1. The summed E-state index contributed by atoms with van der Waals surface area (Å²) < 4.78 is 4.70. The molecule has 12 heavy (non-hydrogen) atoms. The Balaban J connectivity index is 2.60. The first-order valence-corrected chi connectivity index (χ1v) is 4.55. The predicted octanol–water partition coefficient (Wildman–Crippen LogP) is 1.87. The van der Waals surface area contributed by atoms with E-state index in [-0.39, 0.29) is 6.09 Å². The molecule has 0 bridgehead atoms. The van der Waals surface area contributed by atoms with E-state index in [0.29, 0.717) is 12.0 Å². The van der Waals surface area contributed by atoms with Gasteiger partial charge in [0.2, 0.25) is 0 Å². The van der Waals surface area contributed by atoms with E-state index in [1.807, 2.05) is 4.90 Å². The van der Waals surface area contributed by atoms with Gasteiger partial charge in [0.15, 0.2) is 0 Å². The van der Waals surface area contributed by atoms with Gasteiger partial charge in [-0.15, -0.1) is 0 Å². The highest BCUT2D eigenvalue weighted by atomic mass is 16.5. The molecule has 0 aliphatic carbocycles. The summed E-state index contributed by atoms with van der Waals surface area (Å²) in [5.41, 5.74) is 0. The van der Waals surface area contributed by atoms with Crippen molar-refractivity contribution < 1.29 is 9.53 Å². The lowest BCUT2D eigenvalue weighted by Crippen LogP contribution is -2.36. The average molecular weight is 171 g/mol. The van der Waals surface area contributed by atoms with Crippen LogP contribution in [0.15, 0.2) is 0 Å². The Labute approximate surface area is 73.7 Å². The van der Waals surface area contributed by atoms with Crippen LogP contribution in [0, 0.1) is 5.92 Å². The van der Waals surface area contributed by atoms with Gasteiger partial charge in [-0.25, -0.2) is 4.79 Å². The van der Waals surface area contributed by atoms with Crippen LogP contribution < -0.4 is 0 Å². The first-order valence-electron chi connectivity index (χ1n) is 4.55. The fourth-order valence-electron chi connectivity index (χ4n) is 1.97. The maximum atomic E-state index is 11.2. The van der Waals surface area contributed by atoms with Gasteiger partial charge in [-0.3, -0.25) is 0 Å². The highest BCUT2D eigenvalue weighted by molar-refractivity contribution is 5.68. The Morgan fingerprint density at radius 3 is 2.83 bits per heavy atom. The number of hydrogen-bond donors (Lipinski definition) is 0. The minimum atomic E-state index is -0.175. The van der Waals surface area contributed by atoms with Gasteiger partial charge >= 0.3 is 6.09 Å². The second kappa shape index (κ2) is 3.78. The Kier molecular flexibility index (Phi) is 2.95. The molecule has 1 heterocycles. The third-order valence-corrected chi connectivity index (χ3v) is 2.71. The van der Waals surface area contributed by atoms with Crippen molar-refractivity contribution in [1.29, 1.82) is 0 Å². The van der Waals surface area contributed by atoms with Crippen LogP contribution in [0.3, 0.4) is 0 Å². The number of carbonyl (C=O) groups is 1. The summed E-state index contributed by atoms with van der Waals surface area (Å²) >= 11 is 0. The Morgan fingerprint density at radius 2 is 2.33 bits per heavy atom. The van der Waals surface area contributed by atoms with Crippen molar-refractivity contribution in [2.24, 2.45) is 5.92 Å². The minimum Gasteiger partial charge on any atom is -0.453 e. The molecule has 1 rings (SSSR count). The zero-order valence-corrected chi connectivity index (χ0v) is 8.04. The molecule has 0 spiro atoms. The summed E-state index contributed by atoms with van der Waals surface area (Å²) in [7, 11) is 1.44. The standard InChI is InChI=1S/C9H17NO2/c1-4-8-7(2)5-6-10(8)9(11)12-3/h7-8H,4-6H2,1-3H3. The van der Waals surface area contributed by atoms with E-state index in [1.54, 1.807) is 0 Å². The zero-order valence-electron chi connectivity index (χ0n) is 8.04. The number of nitrogens with zero attached hydrogens (tertiary/aromatic N) is 1. The highest BCUT2D eigenvalue weighted by Crippen LogP contribution is 2.26. The van der Waals surface area contributed by atoms with Gasteiger partial charge in [-0.1, -0.05) is 13.8 Å². The molecule has 1 aliphatic rings. The number of methoxy groups -OCH3 is 1. The summed E-state index contributed by atoms with van der Waals surface area (Å²) in [6.45, 7) is 5.16. The molecular formula is C9H17NO2. The molecule has 3 heteroatoms. The van der Waals surface area contributed by atoms with Gasteiger partial charge in [0, 0.05) is 12.6 Å². The lowest BCUT2D eigenvalue weighted by molar-refractivity contribution is 0.114. The first-order chi connectivity index (χ1) is 5.70. The highest BCUT2D eigenvalue weighted by Gasteiger charge is 2.33. The van der Waals surface area contributed by atoms with E-state index < -0.39 is 0 Å². The zero-order chi connectivity index (χ0) is 9.14. The second-order valence-corrected chi connectivity index (χ2v) is 3.40. The quantitative estimate of drug-likeness (QED) is 0.602. The van der Waals surface area contributed by atoms with Gasteiger partial charge in [-0.05, 0) is 18.8 Å². The van der Waals surface area contributed by atoms with E-state index in [9.17, 15) is 4.79 Å². The van der Waals surface area contributed by atoms with Crippen LogP contribution in [0.25, 0.3) is 0 Å². The van der Waals surface area contributed by atoms with Crippen LogP contribution in [0.5, 0.6) is 0 Å². The fraction of sp³-hybridized carbons (Fsp3) is 0.889. The molecule has 1 aliphatic heterocycles. The Morgan fingerprint density at radius 1 is 1.67 bits per heavy atom. The van der Waals surface area contributed by atoms with Crippen molar-refractivity contribution in [3.8, 4) is 0 Å². The summed E-state index contributed by atoms with van der Waals surface area (Å²) in [6.07, 6.45) is 1.95. The lowest BCUT2D eigenvalue weighted by atomic mass is 10.0. The maximum Gasteiger partial charge on any atom is 0.409 e. The Hall–Kier alpha value is -0.730. The molecule has 3 nitrogen and oxygen atoms in total. The van der Waals surface area contributed by atoms with Gasteiger partial charge in [0.1, 0.15) is 0 Å². The third kappa shape index (κ3) is 1.54. The van der Waals surface area contributed by atoms with E-state index in [2.05, 4.69) is 13.8 Å². The molecule has 0 N–H and O–H groups in total. The molecule has 70 valence electrons. The lowest BCUT2D eigenvalue weighted by Gasteiger charge is -2.24. The van der Waals surface area contributed by atoms with Crippen molar-refractivity contribution in [1.82, 2.24) is 4.90 Å². The van der Waals surface area contributed by atoms with Crippen LogP contribution in [0.1, 0.15) is 26.7 Å². The maximum absolute atomic E-state index is 11.2. The molecule has 2 unspecified atom stereocenters. The number of carbonyl (C=O) groups excluding carboxylic acids is 1. The fourth-order valence-corrected chi connectivity index (χ4v) is 1.97. The molecular weight excluding hydrogens is 154 g/mol. The molecule has 0 aromatic carbocycles. The molecule has 1 fully saturated rings. The van der Waals surface area contributed by atoms with E-state index >= 15 is 0 Å². The van der Waals surface area contributed by atoms with E-state index in [4.69, 9.17) is 4.74 Å². The van der Waals surface area contributed by atoms with Crippen LogP contribution in [-0.2, 0) is 4.74 Å². The van der Waals surface area contributed by atoms with Crippen molar-refractivity contribution in [3.63, 3.8) is 0 Å². The van der Waals surface area contributed by atoms with Gasteiger partial charge < -0.3 is 9.64 Å². The van der Waals surface area contributed by atoms with E-state index in [0.717, 1.165) is 19.4 Å². The van der Waals surface area contributed by atoms with Crippen molar-refractivity contribution in [2.45, 2.75) is 32.7 Å². The van der Waals surface area contributed by atoms with Gasteiger partial charge in [0.25, 0.3) is 0 Å². The molecule has 1 amide bonds. The van der Waals surface area contributed by atoms with Crippen molar-refractivity contribution in [2.75, 3.05) is 13.7 Å². The Bertz CT molecular complexity index is 170. The normalized spacial score (nSPS) is 29.1. The van der Waals surface area contributed by atoms with Gasteiger partial charge in [0.05, 0.1) is 7.11 Å². The van der Waals surface area contributed by atoms with Crippen LogP contribution in [-0.4, -0.2) is 30.7 Å². The number of amides is 1. The summed E-state index contributed by atoms with van der Waals surface area (Å²) in [5.74, 6) is 0.620. The van der Waals surface area contributed by atoms with Crippen molar-refractivity contribution >= 4 is 6.09 Å².